The molecule has 0 atom stereocenters. The number of ether oxygens (including phenoxy) is 2. The molecule has 8 heteroatoms. The van der Waals surface area contributed by atoms with E-state index in [0.29, 0.717) is 28.8 Å². The molecule has 0 radical (unpaired) electrons. The van der Waals surface area contributed by atoms with Crippen LogP contribution in [-0.4, -0.2) is 29.1 Å². The van der Waals surface area contributed by atoms with Crippen LogP contribution in [0.25, 0.3) is 77.8 Å². The van der Waals surface area contributed by atoms with E-state index in [-0.39, 0.29) is 10.8 Å². The van der Waals surface area contributed by atoms with Gasteiger partial charge in [-0.15, -0.1) is 0 Å². The number of fused-ring (bicyclic) bond motifs is 6. The number of para-hydroxylation sites is 2. The molecule has 0 N–H and O–H groups in total. The molecule has 0 unspecified atom stereocenters. The van der Waals surface area contributed by atoms with Crippen molar-refractivity contribution >= 4 is 43.6 Å². The maximum absolute atomic E-state index is 6.80. The van der Waals surface area contributed by atoms with E-state index in [0.717, 1.165) is 71.9 Å². The first-order chi connectivity index (χ1) is 31.9. The largest absolute Gasteiger partial charge is 0.457 e. The summed E-state index contributed by atoms with van der Waals surface area (Å²) in [6.45, 7) is 13.5. The van der Waals surface area contributed by atoms with Gasteiger partial charge in [-0.05, 0) is 100 Å². The average Bonchev–Trinajstić information content (AvgIpc) is 3.83. The third kappa shape index (κ3) is 7.50. The van der Waals surface area contributed by atoms with Crippen LogP contribution in [0, 0.1) is 0 Å². The van der Waals surface area contributed by atoms with Gasteiger partial charge in [0, 0.05) is 75.7 Å². The molecule has 322 valence electrons. The molecule has 0 amide bonds. The Balaban J connectivity index is 1.02. The SMILES string of the molecule is CC(C)(C)c1cc(-c2cnc(-c3cc(Oc4ccc5c6ccccc6n(-c6ccccn6)c5c4)cc(Oc4ccc5c6ccccc6n(-c6ccccn6)c5c4)c3)nc2)cc(C(C)(C)C)c1. The fourth-order valence-corrected chi connectivity index (χ4v) is 8.87. The van der Waals surface area contributed by atoms with Crippen LogP contribution >= 0.6 is 0 Å². The van der Waals surface area contributed by atoms with Crippen LogP contribution in [-0.2, 0) is 10.8 Å². The quantitative estimate of drug-likeness (QED) is 0.151. The second-order valence-electron chi connectivity index (χ2n) is 18.9. The van der Waals surface area contributed by atoms with Crippen molar-refractivity contribution in [3.8, 4) is 57.1 Å². The van der Waals surface area contributed by atoms with Gasteiger partial charge in [-0.1, -0.05) is 108 Å². The Morgan fingerprint density at radius 2 is 0.818 bits per heavy atom. The van der Waals surface area contributed by atoms with E-state index < -0.39 is 0 Å². The third-order valence-electron chi connectivity index (χ3n) is 12.3. The number of benzene rings is 6. The zero-order valence-electron chi connectivity index (χ0n) is 37.8. The molecule has 0 fully saturated rings. The van der Waals surface area contributed by atoms with Crippen molar-refractivity contribution in [3.63, 3.8) is 0 Å². The van der Waals surface area contributed by atoms with Gasteiger partial charge in [0.2, 0.25) is 0 Å². The molecule has 0 saturated heterocycles. The smallest absolute Gasteiger partial charge is 0.159 e. The van der Waals surface area contributed by atoms with Gasteiger partial charge in [0.25, 0.3) is 0 Å². The zero-order chi connectivity index (χ0) is 45.2. The molecule has 0 aliphatic rings. The van der Waals surface area contributed by atoms with Crippen LogP contribution < -0.4 is 9.47 Å². The molecular weight excluding hydrogens is 813 g/mol. The van der Waals surface area contributed by atoms with Crippen molar-refractivity contribution in [1.82, 2.24) is 29.1 Å². The minimum absolute atomic E-state index is 0.0211. The van der Waals surface area contributed by atoms with E-state index in [2.05, 4.69) is 142 Å². The van der Waals surface area contributed by atoms with Crippen molar-refractivity contribution in [2.75, 3.05) is 0 Å². The summed E-state index contributed by atoms with van der Waals surface area (Å²) < 4.78 is 18.0. The van der Waals surface area contributed by atoms with Crippen molar-refractivity contribution < 1.29 is 9.47 Å². The molecule has 0 saturated carbocycles. The average molecular weight is 861 g/mol. The van der Waals surface area contributed by atoms with Crippen molar-refractivity contribution in [2.45, 2.75) is 52.4 Å². The van der Waals surface area contributed by atoms with Gasteiger partial charge in [-0.25, -0.2) is 19.9 Å². The second-order valence-corrected chi connectivity index (χ2v) is 18.9. The Labute approximate surface area is 383 Å². The molecule has 5 heterocycles. The van der Waals surface area contributed by atoms with E-state index >= 15 is 0 Å². The number of pyridine rings is 2. The number of hydrogen-bond acceptors (Lipinski definition) is 6. The molecule has 0 aliphatic carbocycles. The Morgan fingerprint density at radius 1 is 0.364 bits per heavy atom. The molecule has 6 aromatic carbocycles. The minimum atomic E-state index is -0.0211. The van der Waals surface area contributed by atoms with Gasteiger partial charge < -0.3 is 9.47 Å². The lowest BCUT2D eigenvalue weighted by molar-refractivity contribution is 0.461. The standard InChI is InChI=1S/C58H48N6O2/c1-57(2,3)40-27-37(28-41(31-40)58(4,5)6)39-35-61-56(62-36-39)38-29-44(65-42-21-23-48-46-15-7-9-17-50(46)63(52(48)33-42)54-19-11-13-25-59-54)32-45(30-38)66-43-22-24-49-47-16-8-10-18-51(47)64(53(49)34-43)55-20-12-14-26-60-55/h7-36H,1-6H3. The normalized spacial score (nSPS) is 12.1. The summed E-state index contributed by atoms with van der Waals surface area (Å²) in [6, 6.07) is 53.9. The first-order valence-corrected chi connectivity index (χ1v) is 22.3. The Morgan fingerprint density at radius 3 is 1.27 bits per heavy atom. The van der Waals surface area contributed by atoms with Crippen LogP contribution in [0.1, 0.15) is 52.7 Å². The van der Waals surface area contributed by atoms with Crippen molar-refractivity contribution in [1.29, 1.82) is 0 Å². The van der Waals surface area contributed by atoms with Gasteiger partial charge >= 0.3 is 0 Å². The molecule has 8 nitrogen and oxygen atoms in total. The first-order valence-electron chi connectivity index (χ1n) is 22.3. The summed E-state index contributed by atoms with van der Waals surface area (Å²) in [5.41, 5.74) is 9.42. The second kappa shape index (κ2) is 15.9. The van der Waals surface area contributed by atoms with Gasteiger partial charge in [0.1, 0.15) is 34.6 Å². The predicted molar refractivity (Wildman–Crippen MR) is 268 cm³/mol. The first kappa shape index (κ1) is 40.7. The van der Waals surface area contributed by atoms with Crippen LogP contribution in [0.4, 0.5) is 0 Å². The van der Waals surface area contributed by atoms with E-state index in [1.807, 2.05) is 91.5 Å². The predicted octanol–water partition coefficient (Wildman–Crippen LogP) is 15.0. The summed E-state index contributed by atoms with van der Waals surface area (Å²) in [5.74, 6) is 4.69. The zero-order valence-corrected chi connectivity index (χ0v) is 37.8. The van der Waals surface area contributed by atoms with Crippen LogP contribution in [0.15, 0.2) is 183 Å². The number of aromatic nitrogens is 6. The highest BCUT2D eigenvalue weighted by molar-refractivity contribution is 6.10. The molecule has 66 heavy (non-hydrogen) atoms. The molecule has 11 rings (SSSR count). The van der Waals surface area contributed by atoms with Gasteiger partial charge in [-0.2, -0.15) is 0 Å². The lowest BCUT2D eigenvalue weighted by Crippen LogP contribution is -2.16. The summed E-state index contributed by atoms with van der Waals surface area (Å²) in [7, 11) is 0. The molecular formula is C58H48N6O2. The summed E-state index contributed by atoms with van der Waals surface area (Å²) in [5, 5.41) is 4.50. The van der Waals surface area contributed by atoms with Gasteiger partial charge in [-0.3, -0.25) is 9.13 Å². The summed E-state index contributed by atoms with van der Waals surface area (Å²) in [4.78, 5) is 19.4. The third-order valence-corrected chi connectivity index (χ3v) is 12.3. The Hall–Kier alpha value is -8.10. The number of hydrogen-bond donors (Lipinski definition) is 0. The fourth-order valence-electron chi connectivity index (χ4n) is 8.87. The van der Waals surface area contributed by atoms with Crippen molar-refractivity contribution in [2.24, 2.45) is 0 Å². The molecule has 0 aliphatic heterocycles. The van der Waals surface area contributed by atoms with E-state index in [1.165, 1.54) is 11.1 Å². The van der Waals surface area contributed by atoms with E-state index in [4.69, 9.17) is 29.4 Å². The highest BCUT2D eigenvalue weighted by Crippen LogP contribution is 2.40. The summed E-state index contributed by atoms with van der Waals surface area (Å²) >= 11 is 0. The van der Waals surface area contributed by atoms with Crippen LogP contribution in [0.3, 0.4) is 0 Å². The monoisotopic (exact) mass is 860 g/mol. The lowest BCUT2D eigenvalue weighted by Gasteiger charge is -2.26. The topological polar surface area (TPSA) is 79.9 Å². The van der Waals surface area contributed by atoms with Crippen LogP contribution in [0.5, 0.6) is 23.0 Å². The molecule has 11 aromatic rings. The molecule has 0 spiro atoms. The summed E-state index contributed by atoms with van der Waals surface area (Å²) in [6.07, 6.45) is 7.47. The number of nitrogens with zero attached hydrogens (tertiary/aromatic N) is 6. The van der Waals surface area contributed by atoms with E-state index in [9.17, 15) is 0 Å². The highest BCUT2D eigenvalue weighted by atomic mass is 16.5. The molecule has 5 aromatic heterocycles. The minimum Gasteiger partial charge on any atom is -0.457 e. The highest BCUT2D eigenvalue weighted by Gasteiger charge is 2.22. The fraction of sp³-hybridized carbons (Fsp3) is 0.138. The van der Waals surface area contributed by atoms with Crippen molar-refractivity contribution in [3.05, 3.63) is 194 Å². The van der Waals surface area contributed by atoms with Gasteiger partial charge in [0.15, 0.2) is 5.82 Å². The Bertz CT molecular complexity index is 3390. The van der Waals surface area contributed by atoms with Gasteiger partial charge in [0.05, 0.1) is 22.1 Å². The number of rotatable bonds is 8. The maximum atomic E-state index is 6.80. The molecule has 0 bridgehead atoms. The van der Waals surface area contributed by atoms with E-state index in [1.54, 1.807) is 0 Å². The van der Waals surface area contributed by atoms with Crippen LogP contribution in [0.2, 0.25) is 0 Å². The lowest BCUT2D eigenvalue weighted by atomic mass is 9.79. The Kier molecular flexibility index (Phi) is 9.77. The maximum Gasteiger partial charge on any atom is 0.159 e.